The molecular weight excluding hydrogens is 441 g/mol. The maximum absolute atomic E-state index is 13.9. The number of aliphatic hydroxyl groups is 2. The number of unbranched alkanes of at least 4 members (excludes halogenated alkanes) is 1. The lowest BCUT2D eigenvalue weighted by Gasteiger charge is -2.42. The predicted octanol–water partition coefficient (Wildman–Crippen LogP) is 3.20. The summed E-state index contributed by atoms with van der Waals surface area (Å²) in [4.78, 5) is 11.3. The Morgan fingerprint density at radius 3 is 2.65 bits per heavy atom. The van der Waals surface area contributed by atoms with Gasteiger partial charge in [0, 0.05) is 20.6 Å². The smallest absolute Gasteiger partial charge is 0.229 e. The summed E-state index contributed by atoms with van der Waals surface area (Å²) >= 11 is 0. The fraction of sp³-hybridized carbons (Fsp3) is 0.500. The van der Waals surface area contributed by atoms with Crippen LogP contribution in [0.15, 0.2) is 42.5 Å². The summed E-state index contributed by atoms with van der Waals surface area (Å²) in [5.41, 5.74) is 2.30. The lowest BCUT2D eigenvalue weighted by molar-refractivity contribution is -0.277. The number of ether oxygens (including phenoxy) is 3. The quantitative estimate of drug-likeness (QED) is 0.488. The van der Waals surface area contributed by atoms with Crippen LogP contribution >= 0.6 is 0 Å². The highest BCUT2D eigenvalue weighted by Crippen LogP contribution is 2.32. The summed E-state index contributed by atoms with van der Waals surface area (Å²) in [6, 6.07) is 11.6. The Morgan fingerprint density at radius 2 is 1.97 bits per heavy atom. The van der Waals surface area contributed by atoms with Gasteiger partial charge in [-0.05, 0) is 53.8 Å². The minimum atomic E-state index is -1.31. The first-order valence-electron chi connectivity index (χ1n) is 11.7. The summed E-state index contributed by atoms with van der Waals surface area (Å²) < 4.78 is 31.3. The van der Waals surface area contributed by atoms with E-state index in [1.54, 1.807) is 24.3 Å². The van der Waals surface area contributed by atoms with Gasteiger partial charge in [-0.25, -0.2) is 4.39 Å². The van der Waals surface area contributed by atoms with Crippen LogP contribution in [0.25, 0.3) is 11.1 Å². The maximum atomic E-state index is 13.9. The molecule has 0 unspecified atom stereocenters. The lowest BCUT2D eigenvalue weighted by atomic mass is 9.95. The van der Waals surface area contributed by atoms with Crippen LogP contribution in [0, 0.1) is 5.82 Å². The van der Waals surface area contributed by atoms with Gasteiger partial charge in [0.25, 0.3) is 0 Å². The second-order valence-corrected chi connectivity index (χ2v) is 8.55. The summed E-state index contributed by atoms with van der Waals surface area (Å²) in [5.74, 6) is -0.0831. The van der Waals surface area contributed by atoms with E-state index in [-0.39, 0.29) is 11.7 Å². The highest BCUT2D eigenvalue weighted by molar-refractivity contribution is 5.73. The van der Waals surface area contributed by atoms with Crippen molar-refractivity contribution in [3.8, 4) is 16.9 Å². The average molecular weight is 476 g/mol. The number of hydrogen-bond donors (Lipinski definition) is 3. The molecule has 0 saturated carbocycles. The molecule has 1 amide bonds. The van der Waals surface area contributed by atoms with E-state index in [2.05, 4.69) is 12.2 Å². The van der Waals surface area contributed by atoms with Crippen molar-refractivity contribution in [2.24, 2.45) is 0 Å². The molecule has 2 aromatic rings. The standard InChI is InChI=1S/C26H34FNO6/c1-4-5-9-22-25(32-3)23(30)24(31)26(34-22)33-20-11-10-17(12-13-28-16(2)29)21(15-20)18-7-6-8-19(27)14-18/h6-8,10-11,14-15,22-26,30-31H,4-5,9,12-13H2,1-3H3,(H,28,29)/t22-,23+,24-,25+,26+/m1/s1. The van der Waals surface area contributed by atoms with Gasteiger partial charge in [0.05, 0.1) is 6.10 Å². The predicted molar refractivity (Wildman–Crippen MR) is 126 cm³/mol. The molecule has 34 heavy (non-hydrogen) atoms. The van der Waals surface area contributed by atoms with Crippen LogP contribution in [0.3, 0.4) is 0 Å². The Morgan fingerprint density at radius 1 is 1.18 bits per heavy atom. The van der Waals surface area contributed by atoms with Crippen molar-refractivity contribution < 1.29 is 33.6 Å². The van der Waals surface area contributed by atoms with Gasteiger partial charge >= 0.3 is 0 Å². The molecular formula is C26H34FNO6. The van der Waals surface area contributed by atoms with Crippen molar-refractivity contribution in [1.29, 1.82) is 0 Å². The molecule has 5 atom stereocenters. The van der Waals surface area contributed by atoms with E-state index in [4.69, 9.17) is 14.2 Å². The number of halogens is 1. The zero-order valence-corrected chi connectivity index (χ0v) is 19.9. The van der Waals surface area contributed by atoms with Crippen LogP contribution in [0.2, 0.25) is 0 Å². The first-order chi connectivity index (χ1) is 16.3. The first kappa shape index (κ1) is 26.1. The first-order valence-corrected chi connectivity index (χ1v) is 11.7. The molecule has 8 heteroatoms. The highest BCUT2D eigenvalue weighted by Gasteiger charge is 2.45. The van der Waals surface area contributed by atoms with E-state index in [1.165, 1.54) is 26.2 Å². The largest absolute Gasteiger partial charge is 0.462 e. The molecule has 7 nitrogen and oxygen atoms in total. The van der Waals surface area contributed by atoms with Gasteiger partial charge in [-0.2, -0.15) is 0 Å². The van der Waals surface area contributed by atoms with E-state index in [0.29, 0.717) is 30.7 Å². The number of rotatable bonds is 10. The van der Waals surface area contributed by atoms with Gasteiger partial charge in [-0.15, -0.1) is 0 Å². The highest BCUT2D eigenvalue weighted by atomic mass is 19.1. The Bertz CT molecular complexity index is 955. The Hall–Kier alpha value is -2.52. The number of nitrogens with one attached hydrogen (secondary N) is 1. The third kappa shape index (κ3) is 6.54. The summed E-state index contributed by atoms with van der Waals surface area (Å²) in [7, 11) is 1.48. The van der Waals surface area contributed by atoms with Gasteiger partial charge in [-0.1, -0.05) is 38.0 Å². The number of amides is 1. The SMILES string of the molecule is CCCC[C@H]1O[C@H](Oc2ccc(CCNC(C)=O)c(-c3cccc(F)c3)c2)[C@H](O)[C@H](O)[C@H]1OC. The molecule has 1 saturated heterocycles. The molecule has 3 N–H and O–H groups in total. The van der Waals surface area contributed by atoms with Crippen molar-refractivity contribution in [3.05, 3.63) is 53.8 Å². The number of carbonyl (C=O) groups is 1. The molecule has 186 valence electrons. The molecule has 0 spiro atoms. The van der Waals surface area contributed by atoms with Crippen molar-refractivity contribution >= 4 is 5.91 Å². The molecule has 0 bridgehead atoms. The fourth-order valence-electron chi connectivity index (χ4n) is 4.21. The molecule has 1 aliphatic rings. The van der Waals surface area contributed by atoms with Crippen LogP contribution in [-0.4, -0.2) is 60.5 Å². The molecule has 0 aromatic heterocycles. The monoisotopic (exact) mass is 475 g/mol. The zero-order valence-electron chi connectivity index (χ0n) is 19.9. The molecule has 0 radical (unpaired) electrons. The van der Waals surface area contributed by atoms with Crippen LogP contribution in [-0.2, 0) is 20.7 Å². The molecule has 1 heterocycles. The molecule has 1 aliphatic heterocycles. The van der Waals surface area contributed by atoms with Crippen LogP contribution in [0.4, 0.5) is 4.39 Å². The number of methoxy groups -OCH3 is 1. The Balaban J connectivity index is 1.85. The number of benzene rings is 2. The van der Waals surface area contributed by atoms with Crippen molar-refractivity contribution in [2.45, 2.75) is 70.2 Å². The Kier molecular flexibility index (Phi) is 9.41. The average Bonchev–Trinajstić information content (AvgIpc) is 2.81. The van der Waals surface area contributed by atoms with Gasteiger partial charge in [0.1, 0.15) is 29.9 Å². The van der Waals surface area contributed by atoms with Gasteiger partial charge < -0.3 is 29.7 Å². The van der Waals surface area contributed by atoms with Crippen molar-refractivity contribution in [3.63, 3.8) is 0 Å². The third-order valence-electron chi connectivity index (χ3n) is 5.99. The van der Waals surface area contributed by atoms with E-state index < -0.39 is 30.7 Å². The number of aliphatic hydroxyl groups excluding tert-OH is 2. The number of carbonyl (C=O) groups excluding carboxylic acids is 1. The van der Waals surface area contributed by atoms with Gasteiger partial charge in [0.15, 0.2) is 0 Å². The molecule has 0 aliphatic carbocycles. The van der Waals surface area contributed by atoms with Crippen molar-refractivity contribution in [2.75, 3.05) is 13.7 Å². The fourth-order valence-corrected chi connectivity index (χ4v) is 4.21. The minimum absolute atomic E-state index is 0.124. The Labute approximate surface area is 199 Å². The molecule has 3 rings (SSSR count). The van der Waals surface area contributed by atoms with E-state index in [1.807, 2.05) is 6.07 Å². The topological polar surface area (TPSA) is 97.3 Å². The van der Waals surface area contributed by atoms with Crippen molar-refractivity contribution in [1.82, 2.24) is 5.32 Å². The van der Waals surface area contributed by atoms with Gasteiger partial charge in [-0.3, -0.25) is 4.79 Å². The maximum Gasteiger partial charge on any atom is 0.229 e. The van der Waals surface area contributed by atoms with E-state index in [9.17, 15) is 19.4 Å². The third-order valence-corrected chi connectivity index (χ3v) is 5.99. The summed E-state index contributed by atoms with van der Waals surface area (Å²) in [6.07, 6.45) is -1.59. The second kappa shape index (κ2) is 12.3. The molecule has 2 aromatic carbocycles. The van der Waals surface area contributed by atoms with Crippen LogP contribution < -0.4 is 10.1 Å². The summed E-state index contributed by atoms with van der Waals surface area (Å²) in [6.45, 7) is 3.95. The van der Waals surface area contributed by atoms with E-state index in [0.717, 1.165) is 24.0 Å². The second-order valence-electron chi connectivity index (χ2n) is 8.55. The van der Waals surface area contributed by atoms with Crippen LogP contribution in [0.1, 0.15) is 38.7 Å². The normalized spacial score (nSPS) is 24.6. The lowest BCUT2D eigenvalue weighted by Crippen LogP contribution is -2.59. The van der Waals surface area contributed by atoms with Gasteiger partial charge in [0.2, 0.25) is 12.2 Å². The minimum Gasteiger partial charge on any atom is -0.462 e. The van der Waals surface area contributed by atoms with E-state index >= 15 is 0 Å². The van der Waals surface area contributed by atoms with Crippen LogP contribution in [0.5, 0.6) is 5.75 Å². The summed E-state index contributed by atoms with van der Waals surface area (Å²) in [5, 5.41) is 24.0. The number of hydrogen-bond acceptors (Lipinski definition) is 6. The zero-order chi connectivity index (χ0) is 24.7. The molecule has 1 fully saturated rings.